The van der Waals surface area contributed by atoms with Gasteiger partial charge in [-0.25, -0.2) is 19.3 Å². The van der Waals surface area contributed by atoms with E-state index in [4.69, 9.17) is 24.2 Å². The minimum absolute atomic E-state index is 0.0495. The van der Waals surface area contributed by atoms with Crippen molar-refractivity contribution in [3.8, 4) is 33.9 Å². The minimum Gasteiger partial charge on any atom is -0.394 e. The lowest BCUT2D eigenvalue weighted by atomic mass is 10.1. The van der Waals surface area contributed by atoms with Gasteiger partial charge in [0.2, 0.25) is 5.79 Å². The molecule has 0 amide bonds. The number of aliphatic hydroxyl groups is 2. The Morgan fingerprint density at radius 1 is 0.724 bits per heavy atom. The van der Waals surface area contributed by atoms with Gasteiger partial charge in [-0.3, -0.25) is 19.3 Å². The van der Waals surface area contributed by atoms with Crippen LogP contribution >= 0.6 is 0 Å². The standard InChI is InChI=1S/C17H16N4O2.C15H12N4O.C7H8O3S.C2H6O2/c1-17(22-8-9-23-17)16-6-2-5-15(20-16)13-10-19-21(12-13)14-4-3-7-18-11-14;1-11(20)14-5-2-6-15(18-14)12-8-17-19(10-12)13-4-3-7-16-9-13;1-6-2-4-7(5-3-6)11(8,9)10;3-1-2-4/h2-7,10-12H,8-9H2,1H3;2-10H,1H3;2-5H,1H3,(H,8,9,10);3-4H,1-2H2. The normalized spacial score (nSPS) is 12.9. The Hall–Kier alpha value is -6.34. The number of aromatic nitrogens is 8. The van der Waals surface area contributed by atoms with Crippen LogP contribution in [0.1, 0.15) is 35.6 Å². The molecule has 7 heterocycles. The maximum atomic E-state index is 11.4. The fraction of sp³-hybridized carbons (Fsp3) is 0.195. The number of hydrogen-bond acceptors (Lipinski definition) is 13. The fourth-order valence-electron chi connectivity index (χ4n) is 5.18. The van der Waals surface area contributed by atoms with Gasteiger partial charge >= 0.3 is 0 Å². The molecule has 6 aromatic heterocycles. The lowest BCUT2D eigenvalue weighted by Gasteiger charge is -2.21. The monoisotopic (exact) mass is 806 g/mol. The average molecular weight is 807 g/mol. The third-order valence-electron chi connectivity index (χ3n) is 8.16. The summed E-state index contributed by atoms with van der Waals surface area (Å²) in [6.07, 6.45) is 14.3. The van der Waals surface area contributed by atoms with Crippen LogP contribution in [0.25, 0.3) is 33.9 Å². The summed E-state index contributed by atoms with van der Waals surface area (Å²) in [4.78, 5) is 28.5. The molecule has 1 fully saturated rings. The van der Waals surface area contributed by atoms with Crippen LogP contribution in [-0.4, -0.2) is 94.9 Å². The van der Waals surface area contributed by atoms with Crippen molar-refractivity contribution < 1.29 is 37.5 Å². The summed E-state index contributed by atoms with van der Waals surface area (Å²) in [5.74, 6) is -0.818. The molecular formula is C41H42N8O8S. The molecule has 0 atom stereocenters. The second-order valence-corrected chi connectivity index (χ2v) is 13.9. The largest absolute Gasteiger partial charge is 0.394 e. The summed E-state index contributed by atoms with van der Waals surface area (Å²) in [7, 11) is -4.02. The summed E-state index contributed by atoms with van der Waals surface area (Å²) in [5.41, 5.74) is 7.31. The maximum absolute atomic E-state index is 11.4. The van der Waals surface area contributed by atoms with E-state index < -0.39 is 15.9 Å². The van der Waals surface area contributed by atoms with E-state index in [0.717, 1.165) is 45.1 Å². The Labute approximate surface area is 335 Å². The Kier molecular flexibility index (Phi) is 14.9. The van der Waals surface area contributed by atoms with Crippen LogP contribution in [0.15, 0.2) is 139 Å². The third-order valence-corrected chi connectivity index (χ3v) is 9.03. The number of ether oxygens (including phenoxy) is 2. The summed E-state index contributed by atoms with van der Waals surface area (Å²) >= 11 is 0. The Balaban J connectivity index is 0.000000167. The van der Waals surface area contributed by atoms with E-state index >= 15 is 0 Å². The van der Waals surface area contributed by atoms with Gasteiger partial charge in [-0.15, -0.1) is 0 Å². The number of aliphatic hydroxyl groups excluding tert-OH is 2. The van der Waals surface area contributed by atoms with Gasteiger partial charge in [0, 0.05) is 42.8 Å². The average Bonchev–Trinajstić information content (AvgIpc) is 4.05. The second-order valence-electron chi connectivity index (χ2n) is 12.5. The fourth-order valence-corrected chi connectivity index (χ4v) is 5.66. The predicted octanol–water partition coefficient (Wildman–Crippen LogP) is 5.29. The molecule has 8 rings (SSSR count). The predicted molar refractivity (Wildman–Crippen MR) is 214 cm³/mol. The number of nitrogens with zero attached hydrogens (tertiary/aromatic N) is 8. The Morgan fingerprint density at radius 3 is 1.71 bits per heavy atom. The molecule has 1 aromatic carbocycles. The molecule has 17 heteroatoms. The third kappa shape index (κ3) is 11.8. The van der Waals surface area contributed by atoms with E-state index in [1.807, 2.05) is 80.8 Å². The van der Waals surface area contributed by atoms with Crippen molar-refractivity contribution in [1.29, 1.82) is 0 Å². The molecule has 3 N–H and O–H groups in total. The highest BCUT2D eigenvalue weighted by Gasteiger charge is 2.34. The number of aryl methyl sites for hydroxylation is 1. The lowest BCUT2D eigenvalue weighted by Crippen LogP contribution is -2.23. The summed E-state index contributed by atoms with van der Waals surface area (Å²) in [6, 6.07) is 24.8. The number of pyridine rings is 4. The number of Topliss-reactive ketones (excluding diaryl/α,β-unsaturated/α-hetero) is 1. The molecule has 7 aromatic rings. The first-order valence-electron chi connectivity index (χ1n) is 17.8. The molecule has 0 spiro atoms. The number of hydrogen-bond donors (Lipinski definition) is 3. The van der Waals surface area contributed by atoms with E-state index in [9.17, 15) is 13.2 Å². The molecule has 0 saturated carbocycles. The van der Waals surface area contributed by atoms with Crippen molar-refractivity contribution in [2.75, 3.05) is 26.4 Å². The highest BCUT2D eigenvalue weighted by Crippen LogP contribution is 2.31. The van der Waals surface area contributed by atoms with Crippen molar-refractivity contribution in [1.82, 2.24) is 39.5 Å². The Morgan fingerprint density at radius 2 is 1.24 bits per heavy atom. The molecule has 0 aliphatic carbocycles. The summed E-state index contributed by atoms with van der Waals surface area (Å²) in [5, 5.41) is 23.9. The van der Waals surface area contributed by atoms with Gasteiger partial charge in [-0.05, 0) is 74.5 Å². The van der Waals surface area contributed by atoms with Crippen LogP contribution in [0.4, 0.5) is 0 Å². The zero-order valence-electron chi connectivity index (χ0n) is 31.9. The maximum Gasteiger partial charge on any atom is 0.294 e. The topological polar surface area (TPSA) is 218 Å². The second kappa shape index (κ2) is 20.2. The first kappa shape index (κ1) is 42.8. The van der Waals surface area contributed by atoms with Crippen LogP contribution in [-0.2, 0) is 25.4 Å². The Bertz CT molecular complexity index is 2470. The van der Waals surface area contributed by atoms with Gasteiger partial charge in [0.05, 0.1) is 84.6 Å². The summed E-state index contributed by atoms with van der Waals surface area (Å²) < 4.78 is 44.4. The van der Waals surface area contributed by atoms with Gasteiger partial charge in [0.15, 0.2) is 5.78 Å². The molecule has 0 unspecified atom stereocenters. The van der Waals surface area contributed by atoms with Crippen LogP contribution in [0.2, 0.25) is 0 Å². The number of carbonyl (C=O) groups is 1. The van der Waals surface area contributed by atoms with Crippen LogP contribution < -0.4 is 0 Å². The number of benzene rings is 1. The van der Waals surface area contributed by atoms with Crippen molar-refractivity contribution >= 4 is 15.9 Å². The van der Waals surface area contributed by atoms with Gasteiger partial charge in [-0.1, -0.05) is 29.8 Å². The number of ketones is 1. The lowest BCUT2D eigenvalue weighted by molar-refractivity contribution is -0.152. The van der Waals surface area contributed by atoms with E-state index in [2.05, 4.69) is 30.1 Å². The van der Waals surface area contributed by atoms with Gasteiger partial charge in [0.1, 0.15) is 5.69 Å². The van der Waals surface area contributed by atoms with Crippen molar-refractivity contribution in [3.63, 3.8) is 0 Å². The van der Waals surface area contributed by atoms with Gasteiger partial charge in [-0.2, -0.15) is 18.6 Å². The molecule has 0 bridgehead atoms. The SMILES string of the molecule is CC(=O)c1cccc(-c2cnn(-c3cccnc3)c2)n1.CC1(c2cccc(-c3cnn(-c4cccnc4)c3)n2)OCCO1.Cc1ccc(S(=O)(=O)O)cc1.OCCO. The first-order valence-corrected chi connectivity index (χ1v) is 19.2. The molecule has 58 heavy (non-hydrogen) atoms. The van der Waals surface area contributed by atoms with Crippen LogP contribution in [0, 0.1) is 6.92 Å². The zero-order chi connectivity index (χ0) is 41.5. The van der Waals surface area contributed by atoms with Gasteiger partial charge in [0.25, 0.3) is 10.1 Å². The molecule has 0 radical (unpaired) electrons. The molecule has 1 aliphatic rings. The van der Waals surface area contributed by atoms with E-state index in [0.29, 0.717) is 18.9 Å². The molecule has 300 valence electrons. The van der Waals surface area contributed by atoms with E-state index in [1.54, 1.807) is 64.7 Å². The molecular weight excluding hydrogens is 765 g/mol. The summed E-state index contributed by atoms with van der Waals surface area (Å²) in [6.45, 7) is 6.16. The molecule has 1 saturated heterocycles. The van der Waals surface area contributed by atoms with Crippen LogP contribution in [0.5, 0.6) is 0 Å². The van der Waals surface area contributed by atoms with Crippen LogP contribution in [0.3, 0.4) is 0 Å². The van der Waals surface area contributed by atoms with E-state index in [-0.39, 0.29) is 23.9 Å². The molecule has 16 nitrogen and oxygen atoms in total. The van der Waals surface area contributed by atoms with Crippen molar-refractivity contribution in [3.05, 3.63) is 151 Å². The first-order chi connectivity index (χ1) is 27.9. The quantitative estimate of drug-likeness (QED) is 0.131. The van der Waals surface area contributed by atoms with Crippen molar-refractivity contribution in [2.24, 2.45) is 0 Å². The number of rotatable bonds is 8. The zero-order valence-corrected chi connectivity index (χ0v) is 32.7. The highest BCUT2D eigenvalue weighted by molar-refractivity contribution is 7.85. The smallest absolute Gasteiger partial charge is 0.294 e. The number of carbonyl (C=O) groups excluding carboxylic acids is 1. The van der Waals surface area contributed by atoms with Gasteiger partial charge < -0.3 is 19.7 Å². The van der Waals surface area contributed by atoms with E-state index in [1.165, 1.54) is 19.1 Å². The minimum atomic E-state index is -4.02. The molecule has 1 aliphatic heterocycles. The highest BCUT2D eigenvalue weighted by atomic mass is 32.2. The van der Waals surface area contributed by atoms with Crippen molar-refractivity contribution in [2.45, 2.75) is 31.5 Å².